The van der Waals surface area contributed by atoms with Gasteiger partial charge < -0.3 is 15.4 Å². The van der Waals surface area contributed by atoms with Gasteiger partial charge in [-0.2, -0.15) is 0 Å². The van der Waals surface area contributed by atoms with Gasteiger partial charge in [0.25, 0.3) is 5.91 Å². The molecule has 166 valence electrons. The van der Waals surface area contributed by atoms with Crippen LogP contribution in [0.1, 0.15) is 22.8 Å². The van der Waals surface area contributed by atoms with Crippen LogP contribution in [0.15, 0.2) is 78.9 Å². The number of rotatable bonds is 6. The number of fused-ring (bicyclic) bond motifs is 2. The first-order chi connectivity index (χ1) is 16.0. The van der Waals surface area contributed by atoms with E-state index < -0.39 is 17.9 Å². The fourth-order valence-corrected chi connectivity index (χ4v) is 4.02. The van der Waals surface area contributed by atoms with Crippen molar-refractivity contribution in [2.24, 2.45) is 0 Å². The number of methoxy groups -OCH3 is 1. The van der Waals surface area contributed by atoms with E-state index in [9.17, 15) is 14.4 Å². The zero-order chi connectivity index (χ0) is 23.4. The number of carbonyl (C=O) groups excluding carboxylic acids is 3. The highest BCUT2D eigenvalue weighted by Crippen LogP contribution is 2.29. The lowest BCUT2D eigenvalue weighted by Crippen LogP contribution is -2.43. The first-order valence-electron chi connectivity index (χ1n) is 10.6. The molecule has 0 bridgehead atoms. The van der Waals surface area contributed by atoms with Gasteiger partial charge in [0.15, 0.2) is 0 Å². The van der Waals surface area contributed by atoms with Crippen molar-refractivity contribution in [3.63, 3.8) is 0 Å². The van der Waals surface area contributed by atoms with Crippen LogP contribution in [-0.2, 0) is 20.7 Å². The molecule has 2 amide bonds. The Morgan fingerprint density at radius 1 is 0.848 bits per heavy atom. The number of ether oxygens (including phenoxy) is 1. The summed E-state index contributed by atoms with van der Waals surface area (Å²) in [5, 5.41) is 9.67. The van der Waals surface area contributed by atoms with Crippen LogP contribution >= 0.6 is 0 Å². The van der Waals surface area contributed by atoms with E-state index in [4.69, 9.17) is 4.74 Å². The number of carbonyl (C=O) groups is 3. The minimum atomic E-state index is -0.869. The molecule has 0 heterocycles. The van der Waals surface area contributed by atoms with Crippen LogP contribution in [0.3, 0.4) is 0 Å². The molecule has 0 fully saturated rings. The van der Waals surface area contributed by atoms with E-state index in [1.807, 2.05) is 48.5 Å². The SMILES string of the molecule is COC(=O)[C@H](Cc1c2ccccc2cc2ccccc12)NC(=O)c1ccc(NC(C)=O)cc1. The standard InChI is InChI=1S/C27H24N2O4/c1-17(30)28-21-13-11-18(12-14-21)26(31)29-25(27(32)33-2)16-24-22-9-5-3-7-19(22)15-20-8-4-6-10-23(20)24/h3-15,25H,16H2,1-2H3,(H,28,30)(H,29,31)/t25-/m0/s1. The van der Waals surface area contributed by atoms with Gasteiger partial charge >= 0.3 is 5.97 Å². The number of esters is 1. The van der Waals surface area contributed by atoms with Crippen LogP contribution in [-0.4, -0.2) is 30.9 Å². The Kier molecular flexibility index (Phi) is 6.36. The van der Waals surface area contributed by atoms with Crippen LogP contribution in [0.25, 0.3) is 21.5 Å². The van der Waals surface area contributed by atoms with Crippen molar-refractivity contribution in [2.45, 2.75) is 19.4 Å². The fourth-order valence-electron chi connectivity index (χ4n) is 4.02. The molecule has 4 rings (SSSR count). The van der Waals surface area contributed by atoms with Crippen LogP contribution in [0.4, 0.5) is 5.69 Å². The quantitative estimate of drug-likeness (QED) is 0.342. The van der Waals surface area contributed by atoms with Gasteiger partial charge in [-0.15, -0.1) is 0 Å². The van der Waals surface area contributed by atoms with Crippen LogP contribution in [0.2, 0.25) is 0 Å². The van der Waals surface area contributed by atoms with Gasteiger partial charge in [0, 0.05) is 24.6 Å². The van der Waals surface area contributed by atoms with Crippen molar-refractivity contribution < 1.29 is 19.1 Å². The zero-order valence-electron chi connectivity index (χ0n) is 18.4. The zero-order valence-corrected chi connectivity index (χ0v) is 18.4. The fraction of sp³-hybridized carbons (Fsp3) is 0.148. The predicted octanol–water partition coefficient (Wildman–Crippen LogP) is 4.47. The molecule has 0 aliphatic carbocycles. The van der Waals surface area contributed by atoms with Gasteiger partial charge in [0.1, 0.15) is 6.04 Å². The average Bonchev–Trinajstić information content (AvgIpc) is 2.82. The van der Waals surface area contributed by atoms with Gasteiger partial charge in [-0.3, -0.25) is 9.59 Å². The molecule has 1 atom stereocenters. The molecule has 0 unspecified atom stereocenters. The van der Waals surface area contributed by atoms with Crippen molar-refractivity contribution in [1.82, 2.24) is 5.32 Å². The normalized spacial score (nSPS) is 11.7. The van der Waals surface area contributed by atoms with Crippen molar-refractivity contribution >= 4 is 45.0 Å². The highest BCUT2D eigenvalue weighted by atomic mass is 16.5. The van der Waals surface area contributed by atoms with E-state index in [2.05, 4.69) is 16.7 Å². The third-order valence-electron chi connectivity index (χ3n) is 5.55. The number of amides is 2. The minimum Gasteiger partial charge on any atom is -0.467 e. The van der Waals surface area contributed by atoms with E-state index in [0.717, 1.165) is 27.1 Å². The van der Waals surface area contributed by atoms with Gasteiger partial charge in [0.05, 0.1) is 7.11 Å². The Labute approximate surface area is 191 Å². The lowest BCUT2D eigenvalue weighted by atomic mass is 9.92. The molecule has 6 heteroatoms. The van der Waals surface area contributed by atoms with Crippen molar-refractivity contribution in [1.29, 1.82) is 0 Å². The Morgan fingerprint density at radius 2 is 1.42 bits per heavy atom. The van der Waals surface area contributed by atoms with E-state index in [1.165, 1.54) is 14.0 Å². The maximum absolute atomic E-state index is 12.9. The molecule has 2 N–H and O–H groups in total. The molecule has 4 aromatic rings. The molecule has 0 aliphatic heterocycles. The molecule has 0 aliphatic rings. The molecular formula is C27H24N2O4. The Bertz CT molecular complexity index is 1290. The predicted molar refractivity (Wildman–Crippen MR) is 129 cm³/mol. The Balaban J connectivity index is 1.66. The first-order valence-corrected chi connectivity index (χ1v) is 10.6. The second-order valence-corrected chi connectivity index (χ2v) is 7.81. The Morgan fingerprint density at radius 3 is 1.97 bits per heavy atom. The average molecular weight is 440 g/mol. The molecule has 4 aromatic carbocycles. The summed E-state index contributed by atoms with van der Waals surface area (Å²) >= 11 is 0. The minimum absolute atomic E-state index is 0.194. The number of hydrogen-bond acceptors (Lipinski definition) is 4. The summed E-state index contributed by atoms with van der Waals surface area (Å²) in [6.45, 7) is 1.42. The topological polar surface area (TPSA) is 84.5 Å². The summed E-state index contributed by atoms with van der Waals surface area (Å²) < 4.78 is 5.01. The summed E-state index contributed by atoms with van der Waals surface area (Å²) in [4.78, 5) is 36.8. The van der Waals surface area contributed by atoms with Gasteiger partial charge in [-0.25, -0.2) is 4.79 Å². The van der Waals surface area contributed by atoms with Gasteiger partial charge in [0.2, 0.25) is 5.91 Å². The number of nitrogens with one attached hydrogen (secondary N) is 2. The largest absolute Gasteiger partial charge is 0.467 e. The summed E-state index contributed by atoms with van der Waals surface area (Å²) in [6, 6.07) is 23.7. The first kappa shape index (κ1) is 22.0. The Hall–Kier alpha value is -4.19. The highest BCUT2D eigenvalue weighted by molar-refractivity contribution is 6.03. The third kappa shape index (κ3) is 4.85. The van der Waals surface area contributed by atoms with Crippen molar-refractivity contribution in [3.8, 4) is 0 Å². The molecule has 33 heavy (non-hydrogen) atoms. The van der Waals surface area contributed by atoms with Crippen LogP contribution in [0, 0.1) is 0 Å². The van der Waals surface area contributed by atoms with Crippen molar-refractivity contribution in [3.05, 3.63) is 90.0 Å². The van der Waals surface area contributed by atoms with E-state index in [0.29, 0.717) is 11.3 Å². The molecule has 0 aromatic heterocycles. The summed E-state index contributed by atoms with van der Waals surface area (Å²) in [6.07, 6.45) is 0.282. The molecular weight excluding hydrogens is 416 g/mol. The summed E-state index contributed by atoms with van der Waals surface area (Å²) in [7, 11) is 1.31. The second-order valence-electron chi connectivity index (χ2n) is 7.81. The lowest BCUT2D eigenvalue weighted by molar-refractivity contribution is -0.142. The van der Waals surface area contributed by atoms with E-state index >= 15 is 0 Å². The maximum Gasteiger partial charge on any atom is 0.328 e. The second kappa shape index (κ2) is 9.53. The summed E-state index contributed by atoms with van der Waals surface area (Å²) in [5.41, 5.74) is 1.94. The monoisotopic (exact) mass is 440 g/mol. The molecule has 0 saturated carbocycles. The number of benzene rings is 4. The van der Waals surface area contributed by atoms with E-state index in [1.54, 1.807) is 24.3 Å². The highest BCUT2D eigenvalue weighted by Gasteiger charge is 2.24. The third-order valence-corrected chi connectivity index (χ3v) is 5.55. The molecule has 0 spiro atoms. The summed E-state index contributed by atoms with van der Waals surface area (Å²) in [5.74, 6) is -1.11. The molecule has 0 radical (unpaired) electrons. The maximum atomic E-state index is 12.9. The number of hydrogen-bond donors (Lipinski definition) is 2. The van der Waals surface area contributed by atoms with Crippen LogP contribution in [0.5, 0.6) is 0 Å². The van der Waals surface area contributed by atoms with Crippen LogP contribution < -0.4 is 10.6 Å². The molecule has 0 saturated heterocycles. The van der Waals surface area contributed by atoms with Gasteiger partial charge in [-0.1, -0.05) is 48.5 Å². The van der Waals surface area contributed by atoms with Gasteiger partial charge in [-0.05, 0) is 57.4 Å². The smallest absolute Gasteiger partial charge is 0.328 e. The van der Waals surface area contributed by atoms with E-state index in [-0.39, 0.29) is 12.3 Å². The number of anilines is 1. The lowest BCUT2D eigenvalue weighted by Gasteiger charge is -2.19. The molecule has 6 nitrogen and oxygen atoms in total. The van der Waals surface area contributed by atoms with Crippen molar-refractivity contribution in [2.75, 3.05) is 12.4 Å².